The van der Waals surface area contributed by atoms with Crippen molar-refractivity contribution in [1.29, 1.82) is 0 Å². The molecule has 0 spiro atoms. The van der Waals surface area contributed by atoms with Gasteiger partial charge < -0.3 is 34.5 Å². The van der Waals surface area contributed by atoms with Gasteiger partial charge in [0, 0.05) is 18.7 Å². The van der Waals surface area contributed by atoms with E-state index in [0.29, 0.717) is 12.5 Å². The predicted molar refractivity (Wildman–Crippen MR) is 260 cm³/mol. The molecule has 1 saturated heterocycles. The Hall–Kier alpha value is -2.81. The summed E-state index contributed by atoms with van der Waals surface area (Å²) >= 11 is 3.27. The SMILES string of the molecule is CC.CC1(C)OB(c2ccc3scnc3c2)OC1(C)C.CC1CC=C(OS(=O)(=O)C(F)(F)F)N(C(=O)OC(C)(C)C)C1.CC1CC=C(c2ccc3scnc3c2)N(C(=O)OC(C)(C)C)C1.O=CO[O-].[H-].[Na+].[Na+]. The number of rotatable bonds is 5. The van der Waals surface area contributed by atoms with E-state index in [1.807, 2.05) is 57.8 Å². The number of aromatic nitrogens is 2. The number of carbonyl (C=O) groups excluding carboxylic acids is 3. The Kier molecular flexibility index (Phi) is 25.8. The van der Waals surface area contributed by atoms with Gasteiger partial charge in [-0.05, 0) is 130 Å². The second kappa shape index (κ2) is 27.6. The number of allylic oxidation sites excluding steroid dienone is 2. The summed E-state index contributed by atoms with van der Waals surface area (Å²) in [4.78, 5) is 47.1. The number of hydrogen-bond acceptors (Lipinski definition) is 16. The van der Waals surface area contributed by atoms with Crippen LogP contribution in [0.2, 0.25) is 0 Å². The van der Waals surface area contributed by atoms with Crippen LogP contribution in [0.15, 0.2) is 65.5 Å². The summed E-state index contributed by atoms with van der Waals surface area (Å²) in [7, 11) is -6.15. The van der Waals surface area contributed by atoms with Gasteiger partial charge in [-0.3, -0.25) is 9.69 Å². The predicted octanol–water partition coefficient (Wildman–Crippen LogP) is 4.06. The normalized spacial score (nSPS) is 18.3. The molecule has 0 radical (unpaired) electrons. The number of carbonyl (C=O) groups is 3. The Bertz CT molecular complexity index is 2540. The average Bonchev–Trinajstić information content (AvgIpc) is 3.97. The first-order valence-corrected chi connectivity index (χ1v) is 25.2. The van der Waals surface area contributed by atoms with Gasteiger partial charge in [-0.25, -0.2) is 24.5 Å². The molecule has 25 heteroatoms. The molecule has 71 heavy (non-hydrogen) atoms. The van der Waals surface area contributed by atoms with E-state index in [-0.39, 0.29) is 110 Å². The monoisotopic (exact) mass is 1070 g/mol. The molecule has 0 bridgehead atoms. The van der Waals surface area contributed by atoms with Crippen molar-refractivity contribution < 1.29 is 130 Å². The minimum atomic E-state index is -5.84. The van der Waals surface area contributed by atoms with Gasteiger partial charge >= 0.3 is 94.0 Å². The molecule has 2 amide bonds. The van der Waals surface area contributed by atoms with Crippen LogP contribution in [0.1, 0.15) is 117 Å². The number of hydrogen-bond donors (Lipinski definition) is 0. The van der Waals surface area contributed by atoms with Gasteiger partial charge in [0.25, 0.3) is 6.47 Å². The summed E-state index contributed by atoms with van der Waals surface area (Å²) in [5.41, 5.74) is 1.10. The van der Waals surface area contributed by atoms with Crippen LogP contribution in [-0.4, -0.2) is 95.0 Å². The van der Waals surface area contributed by atoms with Crippen molar-refractivity contribution in [2.75, 3.05) is 13.1 Å². The Morgan fingerprint density at radius 1 is 0.803 bits per heavy atom. The van der Waals surface area contributed by atoms with Crippen molar-refractivity contribution in [1.82, 2.24) is 19.8 Å². The van der Waals surface area contributed by atoms with E-state index in [1.165, 1.54) is 4.70 Å². The summed E-state index contributed by atoms with van der Waals surface area (Å²) in [6.07, 6.45) is 3.25. The fourth-order valence-electron chi connectivity index (χ4n) is 6.30. The number of thiazole rings is 2. The molecule has 4 aromatic rings. The first kappa shape index (κ1) is 66.2. The summed E-state index contributed by atoms with van der Waals surface area (Å²) < 4.78 is 88.4. The van der Waals surface area contributed by atoms with E-state index in [9.17, 15) is 31.2 Å². The van der Waals surface area contributed by atoms with Gasteiger partial charge in [-0.1, -0.05) is 45.9 Å². The van der Waals surface area contributed by atoms with Crippen molar-refractivity contribution in [3.63, 3.8) is 0 Å². The van der Waals surface area contributed by atoms with Crippen LogP contribution < -0.4 is 69.8 Å². The van der Waals surface area contributed by atoms with Gasteiger partial charge in [0.1, 0.15) is 11.2 Å². The molecule has 0 saturated carbocycles. The molecular formula is C46H64BF3N4Na2O12S3. The van der Waals surface area contributed by atoms with E-state index in [4.69, 9.17) is 28.8 Å². The van der Waals surface area contributed by atoms with Crippen LogP contribution in [0.25, 0.3) is 26.1 Å². The summed E-state index contributed by atoms with van der Waals surface area (Å²) in [5, 5.41) is 8.43. The Morgan fingerprint density at radius 3 is 1.70 bits per heavy atom. The topological polar surface area (TPSA) is 196 Å². The van der Waals surface area contributed by atoms with Crippen molar-refractivity contribution in [2.24, 2.45) is 11.8 Å². The smallest absolute Gasteiger partial charge is 1.00 e. The minimum Gasteiger partial charge on any atom is -1.00 e. The minimum absolute atomic E-state index is 0. The maximum atomic E-state index is 12.6. The van der Waals surface area contributed by atoms with E-state index in [1.54, 1.807) is 55.3 Å². The van der Waals surface area contributed by atoms with Crippen LogP contribution in [-0.2, 0) is 42.8 Å². The zero-order valence-corrected chi connectivity index (χ0v) is 49.9. The number of ether oxygens (including phenoxy) is 2. The van der Waals surface area contributed by atoms with Gasteiger partial charge in [0.2, 0.25) is 5.88 Å². The van der Waals surface area contributed by atoms with Crippen LogP contribution in [0.3, 0.4) is 0 Å². The van der Waals surface area contributed by atoms with Crippen LogP contribution in [0.5, 0.6) is 0 Å². The second-order valence-electron chi connectivity index (χ2n) is 18.9. The third kappa shape index (κ3) is 19.4. The fourth-order valence-corrected chi connectivity index (χ4v) is 8.09. The van der Waals surface area contributed by atoms with Gasteiger partial charge in [0.05, 0.1) is 48.4 Å². The summed E-state index contributed by atoms with van der Waals surface area (Å²) in [6.45, 7) is 27.1. The number of benzene rings is 2. The Labute approximate surface area is 469 Å². The Balaban J connectivity index is 0.000000979. The maximum Gasteiger partial charge on any atom is 1.00 e. The first-order valence-electron chi connectivity index (χ1n) is 22.0. The third-order valence-electron chi connectivity index (χ3n) is 10.2. The number of nitrogens with zero attached hydrogens (tertiary/aromatic N) is 4. The third-order valence-corrected chi connectivity index (χ3v) is 12.8. The van der Waals surface area contributed by atoms with Crippen LogP contribution in [0.4, 0.5) is 22.8 Å². The van der Waals surface area contributed by atoms with Gasteiger partial charge in [-0.15, -0.1) is 22.7 Å². The van der Waals surface area contributed by atoms with Crippen molar-refractivity contribution in [2.45, 2.75) is 138 Å². The van der Waals surface area contributed by atoms with Gasteiger partial charge in [0.15, 0.2) is 0 Å². The van der Waals surface area contributed by atoms with Crippen LogP contribution in [0, 0.1) is 11.8 Å². The zero-order valence-electron chi connectivity index (χ0n) is 44.5. The molecule has 2 atom stereocenters. The van der Waals surface area contributed by atoms with Crippen molar-refractivity contribution in [3.05, 3.63) is 71.0 Å². The molecule has 1 fully saturated rings. The summed E-state index contributed by atoms with van der Waals surface area (Å²) in [6, 6.07) is 12.4. The number of amides is 2. The molecule has 16 nitrogen and oxygen atoms in total. The molecule has 2 aromatic carbocycles. The molecule has 5 heterocycles. The standard InChI is InChI=1S/C18H22N2O2S.C13H16BNO2S.C12H18F3NO5S.C2H6.CH2O3.2Na.H/c1-12-5-7-15(20(10-12)17(21)22-18(2,3)4)13-6-8-16-14(9-13)19-11-23-16;1-12(2)13(3,4)17-14(16-12)9-5-6-11-10(7-9)15-8-18-11;1-8-5-6-9(21-22(18,19)12(13,14)15)16(7-8)10(17)20-11(2,3)4;1-2;2-1-4-3;;;/h6-9,11-12H,5,10H2,1-4H3;5-8H,1-4H3;6,8H,5,7H2,1-4H3;1-2H3;1,3H;;;/q;;;;;2*+1;-1/p-1. The largest absolute Gasteiger partial charge is 1.00 e. The molecule has 3 aliphatic heterocycles. The average molecular weight is 1080 g/mol. The maximum absolute atomic E-state index is 12.6. The quantitative estimate of drug-likeness (QED) is 0.0693. The van der Waals surface area contributed by atoms with Crippen molar-refractivity contribution in [3.8, 4) is 0 Å². The summed E-state index contributed by atoms with van der Waals surface area (Å²) in [5.74, 6) is -0.340. The number of halogens is 3. The van der Waals surface area contributed by atoms with E-state index >= 15 is 0 Å². The molecule has 7 rings (SSSR count). The van der Waals surface area contributed by atoms with Crippen LogP contribution >= 0.6 is 22.7 Å². The molecule has 0 aliphatic carbocycles. The number of alkyl halides is 3. The molecule has 384 valence electrons. The fraction of sp³-hybridized carbons (Fsp3) is 0.543. The van der Waals surface area contributed by atoms with E-state index < -0.39 is 38.8 Å². The molecule has 0 N–H and O–H groups in total. The zero-order chi connectivity index (χ0) is 52.3. The molecule has 3 aliphatic rings. The number of fused-ring (bicyclic) bond motifs is 2. The van der Waals surface area contributed by atoms with Crippen molar-refractivity contribution >= 4 is 90.2 Å². The molecular weight excluding hydrogens is 1010 g/mol. The molecule has 2 unspecified atom stereocenters. The van der Waals surface area contributed by atoms with E-state index in [2.05, 4.69) is 84.0 Å². The molecule has 2 aromatic heterocycles. The van der Waals surface area contributed by atoms with E-state index in [0.717, 1.165) is 49.9 Å². The van der Waals surface area contributed by atoms with Gasteiger partial charge in [-0.2, -0.15) is 21.6 Å². The second-order valence-corrected chi connectivity index (χ2v) is 22.2. The first-order chi connectivity index (χ1) is 31.9. The Morgan fingerprint density at radius 2 is 1.24 bits per heavy atom.